The van der Waals surface area contributed by atoms with E-state index in [9.17, 15) is 4.79 Å². The predicted molar refractivity (Wildman–Crippen MR) is 66.0 cm³/mol. The quantitative estimate of drug-likeness (QED) is 0.801. The number of rotatable bonds is 2. The van der Waals surface area contributed by atoms with Crippen LogP contribution in [-0.4, -0.2) is 37.3 Å². The van der Waals surface area contributed by atoms with E-state index in [-0.39, 0.29) is 6.09 Å². The van der Waals surface area contributed by atoms with Crippen LogP contribution in [0, 0.1) is 11.8 Å². The second-order valence-corrected chi connectivity index (χ2v) is 5.00. The van der Waals surface area contributed by atoms with Crippen molar-refractivity contribution in [1.29, 1.82) is 0 Å². The van der Waals surface area contributed by atoms with Crippen LogP contribution in [0.2, 0.25) is 0 Å². The summed E-state index contributed by atoms with van der Waals surface area (Å²) < 4.78 is 10.7. The lowest BCUT2D eigenvalue weighted by Crippen LogP contribution is -2.30. The summed E-state index contributed by atoms with van der Waals surface area (Å²) >= 11 is 0. The van der Waals surface area contributed by atoms with Crippen molar-refractivity contribution in [2.75, 3.05) is 26.3 Å². The van der Waals surface area contributed by atoms with Crippen molar-refractivity contribution in [1.82, 2.24) is 4.90 Å². The smallest absolute Gasteiger partial charge is 0.410 e. The third-order valence-electron chi connectivity index (χ3n) is 3.70. The maximum Gasteiger partial charge on any atom is 0.410 e. The van der Waals surface area contributed by atoms with Crippen LogP contribution in [0.5, 0.6) is 0 Å². The van der Waals surface area contributed by atoms with E-state index in [0.29, 0.717) is 18.4 Å². The van der Waals surface area contributed by atoms with Crippen molar-refractivity contribution < 1.29 is 14.3 Å². The molecule has 0 aromatic heterocycles. The lowest BCUT2D eigenvalue weighted by atomic mass is 10.0. The van der Waals surface area contributed by atoms with Gasteiger partial charge in [0.15, 0.2) is 0 Å². The standard InChI is InChI=1S/C14H17NO3/c16-14(18-8-11-4-2-1-3-5-11)15-6-12-9-17-10-13(12)7-15/h1-5,12-13H,6-10H2/t12-,13+. The first-order valence-electron chi connectivity index (χ1n) is 6.36. The Hall–Kier alpha value is -1.55. The van der Waals surface area contributed by atoms with E-state index in [1.165, 1.54) is 0 Å². The first-order chi connectivity index (χ1) is 8.83. The number of carbonyl (C=O) groups is 1. The summed E-state index contributed by atoms with van der Waals surface area (Å²) in [6.07, 6.45) is -0.201. The zero-order valence-corrected chi connectivity index (χ0v) is 10.2. The molecule has 96 valence electrons. The lowest BCUT2D eigenvalue weighted by Gasteiger charge is -2.17. The highest BCUT2D eigenvalue weighted by atomic mass is 16.6. The van der Waals surface area contributed by atoms with Gasteiger partial charge in [0.05, 0.1) is 13.2 Å². The molecule has 0 spiro atoms. The van der Waals surface area contributed by atoms with Crippen LogP contribution in [0.4, 0.5) is 4.79 Å². The predicted octanol–water partition coefficient (Wildman–Crippen LogP) is 1.90. The molecule has 0 unspecified atom stereocenters. The van der Waals surface area contributed by atoms with Gasteiger partial charge in [-0.05, 0) is 5.56 Å². The summed E-state index contributed by atoms with van der Waals surface area (Å²) in [5.74, 6) is 1.02. The number of amides is 1. The summed E-state index contributed by atoms with van der Waals surface area (Å²) in [5.41, 5.74) is 1.02. The van der Waals surface area contributed by atoms with Gasteiger partial charge < -0.3 is 14.4 Å². The maximum absolute atomic E-state index is 11.9. The zero-order chi connectivity index (χ0) is 12.4. The Bertz CT molecular complexity index is 408. The van der Waals surface area contributed by atoms with E-state index >= 15 is 0 Å². The zero-order valence-electron chi connectivity index (χ0n) is 10.2. The summed E-state index contributed by atoms with van der Waals surface area (Å²) in [5, 5.41) is 0. The number of carbonyl (C=O) groups excluding carboxylic acids is 1. The molecular formula is C14H17NO3. The van der Waals surface area contributed by atoms with E-state index in [2.05, 4.69) is 0 Å². The van der Waals surface area contributed by atoms with Crippen LogP contribution in [0.1, 0.15) is 5.56 Å². The first kappa shape index (κ1) is 11.5. The van der Waals surface area contributed by atoms with E-state index in [1.54, 1.807) is 4.90 Å². The van der Waals surface area contributed by atoms with Crippen LogP contribution < -0.4 is 0 Å². The highest BCUT2D eigenvalue weighted by Crippen LogP contribution is 2.29. The molecule has 0 aliphatic carbocycles. The molecule has 4 nitrogen and oxygen atoms in total. The molecule has 2 aliphatic rings. The minimum atomic E-state index is -0.201. The number of ether oxygens (including phenoxy) is 2. The van der Waals surface area contributed by atoms with Crippen LogP contribution >= 0.6 is 0 Å². The second kappa shape index (κ2) is 4.98. The van der Waals surface area contributed by atoms with Gasteiger partial charge in [-0.3, -0.25) is 0 Å². The van der Waals surface area contributed by atoms with Gasteiger partial charge in [0, 0.05) is 24.9 Å². The highest BCUT2D eigenvalue weighted by molar-refractivity contribution is 5.68. The van der Waals surface area contributed by atoms with Gasteiger partial charge in [-0.1, -0.05) is 30.3 Å². The largest absolute Gasteiger partial charge is 0.445 e. The number of benzene rings is 1. The van der Waals surface area contributed by atoms with Crippen molar-refractivity contribution >= 4 is 6.09 Å². The molecule has 0 N–H and O–H groups in total. The van der Waals surface area contributed by atoms with Crippen molar-refractivity contribution in [3.8, 4) is 0 Å². The number of fused-ring (bicyclic) bond motifs is 1. The molecule has 18 heavy (non-hydrogen) atoms. The SMILES string of the molecule is O=C(OCc1ccccc1)N1C[C@H]2COC[C@H]2C1. The van der Waals surface area contributed by atoms with Crippen molar-refractivity contribution in [3.63, 3.8) is 0 Å². The van der Waals surface area contributed by atoms with Gasteiger partial charge in [-0.25, -0.2) is 4.79 Å². The topological polar surface area (TPSA) is 38.8 Å². The molecule has 1 aromatic carbocycles. The summed E-state index contributed by atoms with van der Waals surface area (Å²) in [4.78, 5) is 13.7. The maximum atomic E-state index is 11.9. The molecule has 2 saturated heterocycles. The number of likely N-dealkylation sites (tertiary alicyclic amines) is 1. The Labute approximate surface area is 106 Å². The average molecular weight is 247 g/mol. The number of hydrogen-bond donors (Lipinski definition) is 0. The van der Waals surface area contributed by atoms with E-state index in [4.69, 9.17) is 9.47 Å². The van der Waals surface area contributed by atoms with Gasteiger partial charge in [-0.15, -0.1) is 0 Å². The van der Waals surface area contributed by atoms with E-state index in [0.717, 1.165) is 31.9 Å². The van der Waals surface area contributed by atoms with Gasteiger partial charge in [-0.2, -0.15) is 0 Å². The van der Waals surface area contributed by atoms with Crippen LogP contribution in [0.3, 0.4) is 0 Å². The molecule has 4 heteroatoms. The molecular weight excluding hydrogens is 230 g/mol. The molecule has 0 saturated carbocycles. The third kappa shape index (κ3) is 2.34. The molecule has 3 rings (SSSR count). The van der Waals surface area contributed by atoms with Crippen molar-refractivity contribution in [2.45, 2.75) is 6.61 Å². The summed E-state index contributed by atoms with van der Waals surface area (Å²) in [6.45, 7) is 3.47. The lowest BCUT2D eigenvalue weighted by molar-refractivity contribution is 0.0935. The summed E-state index contributed by atoms with van der Waals surface area (Å²) in [7, 11) is 0. The minimum Gasteiger partial charge on any atom is -0.445 e. The normalized spacial score (nSPS) is 26.1. The van der Waals surface area contributed by atoms with Gasteiger partial charge in [0.2, 0.25) is 0 Å². The van der Waals surface area contributed by atoms with Gasteiger partial charge in [0.25, 0.3) is 0 Å². The van der Waals surface area contributed by atoms with Crippen LogP contribution in [0.15, 0.2) is 30.3 Å². The Morgan fingerprint density at radius 3 is 2.56 bits per heavy atom. The monoisotopic (exact) mass is 247 g/mol. The van der Waals surface area contributed by atoms with E-state index < -0.39 is 0 Å². The fourth-order valence-corrected chi connectivity index (χ4v) is 2.65. The van der Waals surface area contributed by atoms with Gasteiger partial charge in [0.1, 0.15) is 6.61 Å². The Kier molecular flexibility index (Phi) is 3.19. The average Bonchev–Trinajstić information content (AvgIpc) is 2.98. The number of hydrogen-bond acceptors (Lipinski definition) is 3. The minimum absolute atomic E-state index is 0.201. The molecule has 0 bridgehead atoms. The van der Waals surface area contributed by atoms with E-state index in [1.807, 2.05) is 30.3 Å². The highest BCUT2D eigenvalue weighted by Gasteiger charge is 2.39. The van der Waals surface area contributed by atoms with Crippen molar-refractivity contribution in [2.24, 2.45) is 11.8 Å². The molecule has 1 amide bonds. The Balaban J connectivity index is 1.50. The second-order valence-electron chi connectivity index (χ2n) is 5.00. The molecule has 2 aliphatic heterocycles. The Morgan fingerprint density at radius 2 is 1.89 bits per heavy atom. The molecule has 2 fully saturated rings. The fourth-order valence-electron chi connectivity index (χ4n) is 2.65. The Morgan fingerprint density at radius 1 is 1.22 bits per heavy atom. The number of nitrogens with zero attached hydrogens (tertiary/aromatic N) is 1. The van der Waals surface area contributed by atoms with Crippen LogP contribution in [-0.2, 0) is 16.1 Å². The van der Waals surface area contributed by atoms with Crippen LogP contribution in [0.25, 0.3) is 0 Å². The van der Waals surface area contributed by atoms with Crippen molar-refractivity contribution in [3.05, 3.63) is 35.9 Å². The molecule has 1 aromatic rings. The fraction of sp³-hybridized carbons (Fsp3) is 0.500. The molecule has 0 radical (unpaired) electrons. The molecule has 2 atom stereocenters. The summed E-state index contributed by atoms with van der Waals surface area (Å²) in [6, 6.07) is 9.76. The van der Waals surface area contributed by atoms with Gasteiger partial charge >= 0.3 is 6.09 Å². The molecule has 2 heterocycles. The third-order valence-corrected chi connectivity index (χ3v) is 3.70. The first-order valence-corrected chi connectivity index (χ1v) is 6.36.